The van der Waals surface area contributed by atoms with E-state index >= 15 is 0 Å². The molecule has 0 N–H and O–H groups in total. The molecule has 0 aliphatic heterocycles. The first-order chi connectivity index (χ1) is 11.2. The maximum Gasteiger partial charge on any atom is 0.276 e. The highest BCUT2D eigenvalue weighted by Crippen LogP contribution is 2.18. The smallest absolute Gasteiger partial charge is 0.267 e. The van der Waals surface area contributed by atoms with Crippen molar-refractivity contribution in [3.8, 4) is 11.4 Å². The maximum atomic E-state index is 12.7. The molecule has 6 heteroatoms. The van der Waals surface area contributed by atoms with Gasteiger partial charge < -0.3 is 0 Å². The standard InChI is InChI=1S/C17H10BrN3OS/c18-13-9-5-4-8-12(13)10-14-16(22)21-15(19-20-17(21)23-14)11-6-2-1-3-7-11/h1-10H. The van der Waals surface area contributed by atoms with Crippen molar-refractivity contribution in [2.45, 2.75) is 0 Å². The fraction of sp³-hybridized carbons (Fsp3) is 0. The van der Waals surface area contributed by atoms with Crippen molar-refractivity contribution in [3.63, 3.8) is 0 Å². The molecule has 23 heavy (non-hydrogen) atoms. The van der Waals surface area contributed by atoms with E-state index < -0.39 is 0 Å². The Morgan fingerprint density at radius 1 is 1.00 bits per heavy atom. The van der Waals surface area contributed by atoms with Gasteiger partial charge in [0, 0.05) is 10.0 Å². The Labute approximate surface area is 143 Å². The molecule has 0 aliphatic rings. The van der Waals surface area contributed by atoms with E-state index in [0.29, 0.717) is 15.3 Å². The Hall–Kier alpha value is -2.31. The summed E-state index contributed by atoms with van der Waals surface area (Å²) in [4.78, 5) is 13.4. The zero-order chi connectivity index (χ0) is 15.8. The van der Waals surface area contributed by atoms with Crippen LogP contribution in [0.3, 0.4) is 0 Å². The summed E-state index contributed by atoms with van der Waals surface area (Å²) in [5.41, 5.74) is 1.75. The second kappa shape index (κ2) is 5.72. The predicted molar refractivity (Wildman–Crippen MR) is 95.5 cm³/mol. The monoisotopic (exact) mass is 383 g/mol. The van der Waals surface area contributed by atoms with E-state index in [4.69, 9.17) is 0 Å². The van der Waals surface area contributed by atoms with Crippen LogP contribution in [-0.4, -0.2) is 14.6 Å². The summed E-state index contributed by atoms with van der Waals surface area (Å²) in [6, 6.07) is 17.4. The Bertz CT molecular complexity index is 1100. The number of benzene rings is 2. The topological polar surface area (TPSA) is 47.3 Å². The van der Waals surface area contributed by atoms with Crippen molar-refractivity contribution in [2.75, 3.05) is 0 Å². The van der Waals surface area contributed by atoms with Crippen LogP contribution < -0.4 is 10.1 Å². The second-order valence-electron chi connectivity index (χ2n) is 4.94. The van der Waals surface area contributed by atoms with Gasteiger partial charge in [0.05, 0.1) is 4.53 Å². The van der Waals surface area contributed by atoms with Crippen LogP contribution in [0.4, 0.5) is 0 Å². The van der Waals surface area contributed by atoms with Crippen molar-refractivity contribution < 1.29 is 0 Å². The molecule has 0 amide bonds. The van der Waals surface area contributed by atoms with Gasteiger partial charge in [-0.25, -0.2) is 4.40 Å². The molecule has 4 aromatic rings. The predicted octanol–water partition coefficient (Wildman–Crippen LogP) is 3.13. The van der Waals surface area contributed by atoms with Gasteiger partial charge in [0.15, 0.2) is 5.82 Å². The first kappa shape index (κ1) is 14.3. The van der Waals surface area contributed by atoms with Crippen molar-refractivity contribution in [1.29, 1.82) is 0 Å². The number of thiazole rings is 1. The van der Waals surface area contributed by atoms with Crippen molar-refractivity contribution in [2.24, 2.45) is 0 Å². The van der Waals surface area contributed by atoms with Gasteiger partial charge in [-0.05, 0) is 17.7 Å². The minimum absolute atomic E-state index is 0.0930. The molecule has 0 atom stereocenters. The van der Waals surface area contributed by atoms with E-state index in [1.165, 1.54) is 11.3 Å². The van der Waals surface area contributed by atoms with Gasteiger partial charge in [-0.15, -0.1) is 10.2 Å². The van der Waals surface area contributed by atoms with E-state index in [1.54, 1.807) is 4.40 Å². The first-order valence-electron chi connectivity index (χ1n) is 6.93. The summed E-state index contributed by atoms with van der Waals surface area (Å²) in [7, 11) is 0. The molecule has 4 rings (SSSR count). The largest absolute Gasteiger partial charge is 0.276 e. The van der Waals surface area contributed by atoms with E-state index in [-0.39, 0.29) is 5.56 Å². The van der Waals surface area contributed by atoms with Gasteiger partial charge in [0.2, 0.25) is 4.96 Å². The highest BCUT2D eigenvalue weighted by Gasteiger charge is 2.13. The minimum atomic E-state index is -0.0930. The zero-order valence-corrected chi connectivity index (χ0v) is 14.2. The molecule has 4 nitrogen and oxygen atoms in total. The maximum absolute atomic E-state index is 12.7. The molecule has 2 aromatic heterocycles. The van der Waals surface area contributed by atoms with Gasteiger partial charge in [-0.1, -0.05) is 75.8 Å². The lowest BCUT2D eigenvalue weighted by molar-refractivity contribution is 1.09. The molecule has 0 saturated carbocycles. The number of nitrogens with zero attached hydrogens (tertiary/aromatic N) is 3. The molecule has 0 spiro atoms. The van der Waals surface area contributed by atoms with Crippen LogP contribution in [0.15, 0.2) is 63.9 Å². The van der Waals surface area contributed by atoms with E-state index in [0.717, 1.165) is 15.6 Å². The van der Waals surface area contributed by atoms with Crippen LogP contribution >= 0.6 is 27.3 Å². The molecule has 0 aliphatic carbocycles. The molecule has 0 saturated heterocycles. The van der Waals surface area contributed by atoms with E-state index in [9.17, 15) is 4.79 Å². The zero-order valence-electron chi connectivity index (χ0n) is 11.8. The van der Waals surface area contributed by atoms with Crippen molar-refractivity contribution >= 4 is 38.3 Å². The number of aromatic nitrogens is 3. The van der Waals surface area contributed by atoms with Gasteiger partial charge in [-0.2, -0.15) is 0 Å². The molecule has 0 unspecified atom stereocenters. The lowest BCUT2D eigenvalue weighted by Gasteiger charge is -1.95. The average Bonchev–Trinajstić information content (AvgIpc) is 3.12. The summed E-state index contributed by atoms with van der Waals surface area (Å²) < 4.78 is 3.16. The highest BCUT2D eigenvalue weighted by molar-refractivity contribution is 9.10. The fourth-order valence-electron chi connectivity index (χ4n) is 2.37. The summed E-state index contributed by atoms with van der Waals surface area (Å²) in [5, 5.41) is 8.29. The molecular formula is C17H10BrN3OS. The minimum Gasteiger partial charge on any atom is -0.267 e. The normalized spacial score (nSPS) is 12.1. The highest BCUT2D eigenvalue weighted by atomic mass is 79.9. The van der Waals surface area contributed by atoms with Gasteiger partial charge >= 0.3 is 0 Å². The number of halogens is 1. The summed E-state index contributed by atoms with van der Waals surface area (Å²) in [6.07, 6.45) is 1.88. The Morgan fingerprint density at radius 3 is 2.52 bits per heavy atom. The second-order valence-corrected chi connectivity index (χ2v) is 6.81. The lowest BCUT2D eigenvalue weighted by Crippen LogP contribution is -2.23. The van der Waals surface area contributed by atoms with Gasteiger partial charge in [0.1, 0.15) is 0 Å². The van der Waals surface area contributed by atoms with Crippen LogP contribution in [0.25, 0.3) is 22.4 Å². The Balaban J connectivity index is 1.96. The van der Waals surface area contributed by atoms with Crippen LogP contribution in [0, 0.1) is 0 Å². The van der Waals surface area contributed by atoms with E-state index in [2.05, 4.69) is 26.1 Å². The summed E-state index contributed by atoms with van der Waals surface area (Å²) in [5.74, 6) is 0.577. The summed E-state index contributed by atoms with van der Waals surface area (Å²) in [6.45, 7) is 0. The molecule has 2 aromatic carbocycles. The van der Waals surface area contributed by atoms with Crippen molar-refractivity contribution in [3.05, 3.63) is 79.5 Å². The summed E-state index contributed by atoms with van der Waals surface area (Å²) >= 11 is 4.84. The third-order valence-corrected chi connectivity index (χ3v) is 5.15. The van der Waals surface area contributed by atoms with E-state index in [1.807, 2.05) is 60.7 Å². The van der Waals surface area contributed by atoms with Crippen LogP contribution in [0.1, 0.15) is 5.56 Å². The lowest BCUT2D eigenvalue weighted by atomic mass is 10.2. The molecule has 0 bridgehead atoms. The van der Waals surface area contributed by atoms with Gasteiger partial charge in [-0.3, -0.25) is 4.79 Å². The number of hydrogen-bond acceptors (Lipinski definition) is 4. The van der Waals surface area contributed by atoms with Crippen LogP contribution in [0.5, 0.6) is 0 Å². The Morgan fingerprint density at radius 2 is 1.74 bits per heavy atom. The SMILES string of the molecule is O=c1c(=Cc2ccccc2Br)sc2nnc(-c3ccccc3)n12. The Kier molecular flexibility index (Phi) is 3.55. The van der Waals surface area contributed by atoms with Crippen LogP contribution in [0.2, 0.25) is 0 Å². The third-order valence-electron chi connectivity index (χ3n) is 3.47. The molecule has 0 fully saturated rings. The quantitative estimate of drug-likeness (QED) is 0.534. The van der Waals surface area contributed by atoms with Crippen LogP contribution in [-0.2, 0) is 0 Å². The number of rotatable bonds is 2. The third kappa shape index (κ3) is 2.50. The number of hydrogen-bond donors (Lipinski definition) is 0. The van der Waals surface area contributed by atoms with Crippen molar-refractivity contribution in [1.82, 2.24) is 14.6 Å². The molecule has 2 heterocycles. The molecule has 112 valence electrons. The van der Waals surface area contributed by atoms with Gasteiger partial charge in [0.25, 0.3) is 5.56 Å². The molecule has 0 radical (unpaired) electrons. The average molecular weight is 384 g/mol. The first-order valence-corrected chi connectivity index (χ1v) is 8.54. The molecular weight excluding hydrogens is 374 g/mol. The fourth-order valence-corrected chi connectivity index (χ4v) is 3.67. The number of fused-ring (bicyclic) bond motifs is 1.